The molecular formula is C14H19N3O. The number of hydrogen-bond acceptors (Lipinski definition) is 2. The Labute approximate surface area is 106 Å². The number of aromatic nitrogens is 3. The molecule has 96 valence electrons. The third kappa shape index (κ3) is 2.07. The summed E-state index contributed by atoms with van der Waals surface area (Å²) in [7, 11) is 0. The van der Waals surface area contributed by atoms with E-state index < -0.39 is 0 Å². The summed E-state index contributed by atoms with van der Waals surface area (Å²) >= 11 is 0. The number of rotatable bonds is 4. The quantitative estimate of drug-likeness (QED) is 0.899. The van der Waals surface area contributed by atoms with E-state index in [9.17, 15) is 4.79 Å². The van der Waals surface area contributed by atoms with Crippen LogP contribution in [0.25, 0.3) is 5.65 Å². The molecule has 0 saturated heterocycles. The predicted octanol–water partition coefficient (Wildman–Crippen LogP) is 2.49. The minimum absolute atomic E-state index is 0.0114. The fraction of sp³-hybridized carbons (Fsp3) is 0.571. The average molecular weight is 245 g/mol. The van der Waals surface area contributed by atoms with Crippen LogP contribution >= 0.6 is 0 Å². The van der Waals surface area contributed by atoms with Crippen molar-refractivity contribution in [2.45, 2.75) is 45.4 Å². The molecule has 0 radical (unpaired) electrons. The first kappa shape index (κ1) is 11.5. The molecule has 3 rings (SSSR count). The zero-order chi connectivity index (χ0) is 12.7. The molecule has 0 aromatic carbocycles. The molecule has 0 spiro atoms. The number of nitrogens with one attached hydrogen (secondary N) is 1. The van der Waals surface area contributed by atoms with Gasteiger partial charge in [0.05, 0.1) is 0 Å². The van der Waals surface area contributed by atoms with Gasteiger partial charge in [0, 0.05) is 12.5 Å². The van der Waals surface area contributed by atoms with Crippen LogP contribution in [-0.4, -0.2) is 14.6 Å². The Hall–Kier alpha value is -1.58. The standard InChI is InChI=1S/C14H19N3O/c1-3-9(2)6-12-15-13-7-11(10-4-5-10)8-14(18)17(13)16-12/h7-10H,3-6H2,1-2H3,(H,15,16). The summed E-state index contributed by atoms with van der Waals surface area (Å²) in [6.45, 7) is 4.37. The second-order valence-electron chi connectivity index (χ2n) is 5.48. The van der Waals surface area contributed by atoms with Gasteiger partial charge in [0.25, 0.3) is 5.56 Å². The van der Waals surface area contributed by atoms with E-state index in [0.717, 1.165) is 29.9 Å². The maximum atomic E-state index is 12.0. The summed E-state index contributed by atoms with van der Waals surface area (Å²) in [5, 5.41) is 3.11. The van der Waals surface area contributed by atoms with Gasteiger partial charge >= 0.3 is 0 Å². The Morgan fingerprint density at radius 1 is 1.50 bits per heavy atom. The highest BCUT2D eigenvalue weighted by Gasteiger charge is 2.24. The van der Waals surface area contributed by atoms with E-state index in [1.807, 2.05) is 0 Å². The van der Waals surface area contributed by atoms with Gasteiger partial charge in [0.1, 0.15) is 5.82 Å². The zero-order valence-electron chi connectivity index (χ0n) is 10.9. The van der Waals surface area contributed by atoms with Crippen molar-refractivity contribution in [1.82, 2.24) is 14.6 Å². The van der Waals surface area contributed by atoms with Crippen LogP contribution in [0.15, 0.2) is 16.9 Å². The molecule has 1 atom stereocenters. The Morgan fingerprint density at radius 2 is 2.28 bits per heavy atom. The summed E-state index contributed by atoms with van der Waals surface area (Å²) in [5.74, 6) is 2.09. The third-order valence-corrected chi connectivity index (χ3v) is 3.81. The summed E-state index contributed by atoms with van der Waals surface area (Å²) in [6, 6.07) is 3.80. The Morgan fingerprint density at radius 3 is 2.94 bits per heavy atom. The lowest BCUT2D eigenvalue weighted by Crippen LogP contribution is -2.13. The van der Waals surface area contributed by atoms with E-state index in [4.69, 9.17) is 0 Å². The molecule has 1 saturated carbocycles. The van der Waals surface area contributed by atoms with Gasteiger partial charge in [-0.3, -0.25) is 9.89 Å². The summed E-state index contributed by atoms with van der Waals surface area (Å²) in [5.41, 5.74) is 1.93. The van der Waals surface area contributed by atoms with Gasteiger partial charge in [-0.25, -0.2) is 9.50 Å². The Balaban J connectivity index is 2.00. The van der Waals surface area contributed by atoms with Gasteiger partial charge < -0.3 is 0 Å². The molecule has 2 heterocycles. The Kier molecular flexibility index (Phi) is 2.73. The highest BCUT2D eigenvalue weighted by Crippen LogP contribution is 2.39. The molecule has 1 N–H and O–H groups in total. The zero-order valence-corrected chi connectivity index (χ0v) is 10.9. The van der Waals surface area contributed by atoms with E-state index in [1.165, 1.54) is 12.8 Å². The number of pyridine rings is 1. The average Bonchev–Trinajstić information content (AvgIpc) is 3.11. The fourth-order valence-electron chi connectivity index (χ4n) is 2.28. The molecule has 4 nitrogen and oxygen atoms in total. The molecule has 0 aliphatic heterocycles. The minimum Gasteiger partial charge on any atom is -0.276 e. The second kappa shape index (κ2) is 4.26. The smallest absolute Gasteiger partial charge is 0.271 e. The van der Waals surface area contributed by atoms with E-state index in [1.54, 1.807) is 10.6 Å². The maximum absolute atomic E-state index is 12.0. The molecule has 1 fully saturated rings. The van der Waals surface area contributed by atoms with Crippen LogP contribution < -0.4 is 5.56 Å². The van der Waals surface area contributed by atoms with Gasteiger partial charge in [0.15, 0.2) is 5.65 Å². The van der Waals surface area contributed by atoms with Gasteiger partial charge in [0.2, 0.25) is 0 Å². The van der Waals surface area contributed by atoms with E-state index in [-0.39, 0.29) is 5.56 Å². The maximum Gasteiger partial charge on any atom is 0.271 e. The van der Waals surface area contributed by atoms with Crippen LogP contribution in [0.3, 0.4) is 0 Å². The van der Waals surface area contributed by atoms with Crippen LogP contribution in [0.2, 0.25) is 0 Å². The number of hydrogen-bond donors (Lipinski definition) is 1. The van der Waals surface area contributed by atoms with Crippen molar-refractivity contribution in [3.05, 3.63) is 33.9 Å². The Bertz CT molecular complexity index is 621. The molecule has 2 aromatic rings. The number of H-pyrrole nitrogens is 1. The van der Waals surface area contributed by atoms with E-state index in [0.29, 0.717) is 11.8 Å². The summed E-state index contributed by atoms with van der Waals surface area (Å²) in [4.78, 5) is 16.5. The highest BCUT2D eigenvalue weighted by molar-refractivity contribution is 5.42. The third-order valence-electron chi connectivity index (χ3n) is 3.81. The first-order valence-corrected chi connectivity index (χ1v) is 6.79. The SMILES string of the molecule is CCC(C)Cc1nc2cc(C3CC3)cc(=O)n2[nH]1. The number of nitrogens with zero attached hydrogens (tertiary/aromatic N) is 2. The van der Waals surface area contributed by atoms with Gasteiger partial charge in [-0.15, -0.1) is 0 Å². The lowest BCUT2D eigenvalue weighted by atomic mass is 10.1. The number of fused-ring (bicyclic) bond motifs is 1. The molecule has 4 heteroatoms. The molecule has 1 aliphatic rings. The van der Waals surface area contributed by atoms with Crippen LogP contribution in [0, 0.1) is 5.92 Å². The molecule has 0 bridgehead atoms. The summed E-state index contributed by atoms with van der Waals surface area (Å²) < 4.78 is 1.56. The normalized spacial score (nSPS) is 17.2. The van der Waals surface area contributed by atoms with Crippen molar-refractivity contribution in [2.75, 3.05) is 0 Å². The van der Waals surface area contributed by atoms with Gasteiger partial charge in [-0.05, 0) is 36.3 Å². The topological polar surface area (TPSA) is 50.2 Å². The van der Waals surface area contributed by atoms with Crippen LogP contribution in [0.4, 0.5) is 0 Å². The first-order valence-electron chi connectivity index (χ1n) is 6.79. The van der Waals surface area contributed by atoms with Crippen molar-refractivity contribution < 1.29 is 0 Å². The monoisotopic (exact) mass is 245 g/mol. The molecular weight excluding hydrogens is 226 g/mol. The predicted molar refractivity (Wildman–Crippen MR) is 70.9 cm³/mol. The van der Waals surface area contributed by atoms with Crippen molar-refractivity contribution in [1.29, 1.82) is 0 Å². The fourth-order valence-corrected chi connectivity index (χ4v) is 2.28. The summed E-state index contributed by atoms with van der Waals surface area (Å²) in [6.07, 6.45) is 4.44. The molecule has 1 unspecified atom stereocenters. The lowest BCUT2D eigenvalue weighted by molar-refractivity contribution is 0.543. The molecule has 0 amide bonds. The van der Waals surface area contributed by atoms with Crippen molar-refractivity contribution in [3.63, 3.8) is 0 Å². The molecule has 18 heavy (non-hydrogen) atoms. The lowest BCUT2D eigenvalue weighted by Gasteiger charge is -2.03. The van der Waals surface area contributed by atoms with Gasteiger partial charge in [-0.2, -0.15) is 0 Å². The van der Waals surface area contributed by atoms with Crippen LogP contribution in [0.1, 0.15) is 50.4 Å². The minimum atomic E-state index is 0.0114. The molecule has 1 aliphatic carbocycles. The van der Waals surface area contributed by atoms with Crippen molar-refractivity contribution >= 4 is 5.65 Å². The van der Waals surface area contributed by atoms with Crippen molar-refractivity contribution in [3.8, 4) is 0 Å². The number of aromatic amines is 1. The largest absolute Gasteiger partial charge is 0.276 e. The van der Waals surface area contributed by atoms with Crippen LogP contribution in [-0.2, 0) is 6.42 Å². The molecule has 2 aromatic heterocycles. The highest BCUT2D eigenvalue weighted by atomic mass is 16.1. The second-order valence-corrected chi connectivity index (χ2v) is 5.48. The van der Waals surface area contributed by atoms with Gasteiger partial charge in [-0.1, -0.05) is 20.3 Å². The van der Waals surface area contributed by atoms with Crippen LogP contribution in [0.5, 0.6) is 0 Å². The van der Waals surface area contributed by atoms with E-state index >= 15 is 0 Å². The van der Waals surface area contributed by atoms with E-state index in [2.05, 4.69) is 30.0 Å². The van der Waals surface area contributed by atoms with Crippen molar-refractivity contribution in [2.24, 2.45) is 5.92 Å². The first-order chi connectivity index (χ1) is 8.67.